The van der Waals surface area contributed by atoms with Crippen LogP contribution in [0.15, 0.2) is 0 Å². The van der Waals surface area contributed by atoms with E-state index in [0.29, 0.717) is 10.7 Å². The normalized spacial score (nSPS) is 23.0. The van der Waals surface area contributed by atoms with Crippen LogP contribution in [0.3, 0.4) is 0 Å². The molecule has 1 atom stereocenters. The van der Waals surface area contributed by atoms with E-state index in [-0.39, 0.29) is 0 Å². The largest absolute Gasteiger partial charge is 0.175 e. The Balaban J connectivity index is 2.30. The zero-order chi connectivity index (χ0) is 9.19. The fourth-order valence-corrected chi connectivity index (χ4v) is 2.21. The molecule has 0 aromatic carbocycles. The van der Waals surface area contributed by atoms with E-state index in [1.165, 1.54) is 32.1 Å². The summed E-state index contributed by atoms with van der Waals surface area (Å²) in [6.45, 7) is 6.87. The van der Waals surface area contributed by atoms with Gasteiger partial charge in [-0.15, -0.1) is 0 Å². The molecular weight excluding hydrogens is 164 g/mol. The molecule has 0 bridgehead atoms. The second kappa shape index (κ2) is 4.04. The number of rotatable bonds is 2. The molecule has 0 amide bonds. The Labute approximate surface area is 82.5 Å². The van der Waals surface area contributed by atoms with E-state index in [0.717, 1.165) is 5.92 Å². The molecule has 0 aromatic heterocycles. The van der Waals surface area contributed by atoms with Gasteiger partial charge < -0.3 is 0 Å². The van der Waals surface area contributed by atoms with Crippen LogP contribution in [-0.2, 0) is 0 Å². The zero-order valence-electron chi connectivity index (χ0n) is 8.64. The average Bonchev–Trinajstić information content (AvgIpc) is 2.37. The van der Waals surface area contributed by atoms with Crippen LogP contribution in [0.4, 0.5) is 0 Å². The third-order valence-corrected chi connectivity index (χ3v) is 4.02. The second-order valence-electron chi connectivity index (χ2n) is 5.27. The summed E-state index contributed by atoms with van der Waals surface area (Å²) in [4.78, 5) is 0. The van der Waals surface area contributed by atoms with E-state index < -0.39 is 0 Å². The fourth-order valence-electron chi connectivity index (χ4n) is 1.92. The monoisotopic (exact) mass is 186 g/mol. The highest BCUT2D eigenvalue weighted by Gasteiger charge is 2.25. The van der Waals surface area contributed by atoms with Gasteiger partial charge in [-0.05, 0) is 17.8 Å². The van der Waals surface area contributed by atoms with Crippen LogP contribution in [0.5, 0.6) is 0 Å². The molecule has 0 nitrogen and oxygen atoms in total. The fraction of sp³-hybridized carbons (Fsp3) is 1.00. The van der Waals surface area contributed by atoms with E-state index in [1.807, 2.05) is 0 Å². The number of hydrogen-bond acceptors (Lipinski definition) is 1. The predicted molar refractivity (Wildman–Crippen MR) is 58.8 cm³/mol. The Kier molecular flexibility index (Phi) is 3.51. The van der Waals surface area contributed by atoms with Gasteiger partial charge in [-0.1, -0.05) is 46.5 Å². The van der Waals surface area contributed by atoms with Crippen molar-refractivity contribution in [1.82, 2.24) is 0 Å². The van der Waals surface area contributed by atoms with E-state index in [9.17, 15) is 0 Å². The first kappa shape index (κ1) is 10.4. The Morgan fingerprint density at radius 1 is 1.25 bits per heavy atom. The Morgan fingerprint density at radius 3 is 2.17 bits per heavy atom. The van der Waals surface area contributed by atoms with Crippen LogP contribution in [0, 0.1) is 11.3 Å². The topological polar surface area (TPSA) is 0 Å². The van der Waals surface area contributed by atoms with Gasteiger partial charge in [0.25, 0.3) is 0 Å². The molecule has 1 rings (SSSR count). The van der Waals surface area contributed by atoms with Gasteiger partial charge in [-0.2, -0.15) is 12.6 Å². The maximum absolute atomic E-state index is 4.69. The van der Waals surface area contributed by atoms with Crippen LogP contribution in [-0.4, -0.2) is 5.25 Å². The lowest BCUT2D eigenvalue weighted by Gasteiger charge is -2.28. The Bertz CT molecular complexity index is 128. The first-order valence-electron chi connectivity index (χ1n) is 5.18. The molecular formula is C11H22S. The molecule has 0 heterocycles. The number of hydrogen-bond donors (Lipinski definition) is 1. The highest BCUT2D eigenvalue weighted by atomic mass is 32.1. The van der Waals surface area contributed by atoms with Crippen molar-refractivity contribution < 1.29 is 0 Å². The molecule has 0 spiro atoms. The molecule has 1 aliphatic rings. The average molecular weight is 186 g/mol. The van der Waals surface area contributed by atoms with Crippen molar-refractivity contribution in [2.24, 2.45) is 11.3 Å². The van der Waals surface area contributed by atoms with Crippen molar-refractivity contribution in [1.29, 1.82) is 0 Å². The zero-order valence-corrected chi connectivity index (χ0v) is 9.53. The van der Waals surface area contributed by atoms with Crippen molar-refractivity contribution in [2.75, 3.05) is 0 Å². The lowest BCUT2D eigenvalue weighted by Crippen LogP contribution is -2.23. The first-order chi connectivity index (χ1) is 5.50. The van der Waals surface area contributed by atoms with Crippen LogP contribution in [0.25, 0.3) is 0 Å². The standard InChI is InChI=1S/C11H22S/c1-11(2,3)10(12)8-9-6-4-5-7-9/h9-10,12H,4-8H2,1-3H3. The van der Waals surface area contributed by atoms with Crippen molar-refractivity contribution in [3.63, 3.8) is 0 Å². The second-order valence-corrected chi connectivity index (χ2v) is 5.89. The minimum atomic E-state index is 0.381. The SMILES string of the molecule is CC(C)(C)C(S)CC1CCCC1. The van der Waals surface area contributed by atoms with Gasteiger partial charge in [0.1, 0.15) is 0 Å². The molecule has 0 N–H and O–H groups in total. The molecule has 0 saturated heterocycles. The van der Waals surface area contributed by atoms with Crippen LogP contribution in [0.2, 0.25) is 0 Å². The lowest BCUT2D eigenvalue weighted by molar-refractivity contribution is 0.339. The summed E-state index contributed by atoms with van der Waals surface area (Å²) in [6.07, 6.45) is 7.14. The summed E-state index contributed by atoms with van der Waals surface area (Å²) in [5.41, 5.74) is 0.381. The van der Waals surface area contributed by atoms with Gasteiger partial charge >= 0.3 is 0 Å². The summed E-state index contributed by atoms with van der Waals surface area (Å²) >= 11 is 4.69. The number of thiol groups is 1. The molecule has 0 aromatic rings. The third kappa shape index (κ3) is 3.01. The van der Waals surface area contributed by atoms with Gasteiger partial charge in [-0.3, -0.25) is 0 Å². The molecule has 1 saturated carbocycles. The predicted octanol–water partition coefficient (Wildman–Crippen LogP) is 3.91. The lowest BCUT2D eigenvalue weighted by atomic mass is 9.85. The minimum absolute atomic E-state index is 0.381. The molecule has 1 heteroatoms. The van der Waals surface area contributed by atoms with E-state index >= 15 is 0 Å². The minimum Gasteiger partial charge on any atom is -0.175 e. The molecule has 1 aliphatic carbocycles. The third-order valence-electron chi connectivity index (χ3n) is 3.03. The maximum Gasteiger partial charge on any atom is 0.00680 e. The smallest absolute Gasteiger partial charge is 0.00680 e. The Hall–Kier alpha value is 0.350. The van der Waals surface area contributed by atoms with Gasteiger partial charge in [0.2, 0.25) is 0 Å². The highest BCUT2D eigenvalue weighted by molar-refractivity contribution is 7.81. The summed E-state index contributed by atoms with van der Waals surface area (Å²) in [7, 11) is 0. The molecule has 0 radical (unpaired) electrons. The summed E-state index contributed by atoms with van der Waals surface area (Å²) in [5.74, 6) is 0.978. The van der Waals surface area contributed by atoms with Gasteiger partial charge in [0.05, 0.1) is 0 Å². The van der Waals surface area contributed by atoms with Crippen molar-refractivity contribution in [3.8, 4) is 0 Å². The molecule has 0 aliphatic heterocycles. The van der Waals surface area contributed by atoms with Gasteiger partial charge in [0, 0.05) is 5.25 Å². The van der Waals surface area contributed by atoms with E-state index in [4.69, 9.17) is 0 Å². The van der Waals surface area contributed by atoms with Crippen molar-refractivity contribution >= 4 is 12.6 Å². The van der Waals surface area contributed by atoms with Gasteiger partial charge in [0.15, 0.2) is 0 Å². The molecule has 72 valence electrons. The van der Waals surface area contributed by atoms with E-state index in [1.54, 1.807) is 0 Å². The molecule has 1 unspecified atom stereocenters. The highest BCUT2D eigenvalue weighted by Crippen LogP contribution is 2.35. The van der Waals surface area contributed by atoms with E-state index in [2.05, 4.69) is 33.4 Å². The first-order valence-corrected chi connectivity index (χ1v) is 5.70. The summed E-state index contributed by atoms with van der Waals surface area (Å²) in [5, 5.41) is 0.584. The van der Waals surface area contributed by atoms with Crippen LogP contribution < -0.4 is 0 Å². The summed E-state index contributed by atoms with van der Waals surface area (Å²) < 4.78 is 0. The maximum atomic E-state index is 4.69. The summed E-state index contributed by atoms with van der Waals surface area (Å²) in [6, 6.07) is 0. The molecule has 12 heavy (non-hydrogen) atoms. The van der Waals surface area contributed by atoms with Crippen LogP contribution >= 0.6 is 12.6 Å². The van der Waals surface area contributed by atoms with Crippen molar-refractivity contribution in [2.45, 2.75) is 58.1 Å². The van der Waals surface area contributed by atoms with Crippen molar-refractivity contribution in [3.05, 3.63) is 0 Å². The quantitative estimate of drug-likeness (QED) is 0.621. The molecule has 1 fully saturated rings. The van der Waals surface area contributed by atoms with Crippen LogP contribution in [0.1, 0.15) is 52.9 Å². The van der Waals surface area contributed by atoms with Gasteiger partial charge in [-0.25, -0.2) is 0 Å². The Morgan fingerprint density at radius 2 is 1.75 bits per heavy atom.